The van der Waals surface area contributed by atoms with Gasteiger partial charge in [0.1, 0.15) is 0 Å². The van der Waals surface area contributed by atoms with Gasteiger partial charge in [-0.25, -0.2) is 12.7 Å². The molecule has 0 saturated carbocycles. The number of likely N-dealkylation sites (N-methyl/N-ethyl adjacent to an activating group) is 1. The fourth-order valence-electron chi connectivity index (χ4n) is 1.33. The molecule has 1 unspecified atom stereocenters. The average Bonchev–Trinajstić information content (AvgIpc) is 2.19. The van der Waals surface area contributed by atoms with Gasteiger partial charge in [-0.1, -0.05) is 0 Å². The zero-order valence-electron chi connectivity index (χ0n) is 8.64. The van der Waals surface area contributed by atoms with Crippen LogP contribution in [-0.2, 0) is 14.8 Å². The highest BCUT2D eigenvalue weighted by Gasteiger charge is 2.22. The second-order valence-corrected chi connectivity index (χ2v) is 5.47. The van der Waals surface area contributed by atoms with E-state index in [9.17, 15) is 8.42 Å². The van der Waals surface area contributed by atoms with Gasteiger partial charge in [0.15, 0.2) is 5.75 Å². The average molecular weight is 233 g/mol. The van der Waals surface area contributed by atoms with Crippen molar-refractivity contribution in [2.45, 2.75) is 6.10 Å². The van der Waals surface area contributed by atoms with Crippen molar-refractivity contribution in [3.8, 4) is 6.07 Å². The molecule has 7 heteroatoms. The molecule has 0 aromatic rings. The van der Waals surface area contributed by atoms with E-state index in [1.54, 1.807) is 6.07 Å². The molecule has 0 aromatic heterocycles. The van der Waals surface area contributed by atoms with Crippen molar-refractivity contribution in [1.82, 2.24) is 9.62 Å². The molecular formula is C8H15N3O3S. The largest absolute Gasteiger partial charge is 0.374 e. The first-order valence-corrected chi connectivity index (χ1v) is 6.30. The van der Waals surface area contributed by atoms with Gasteiger partial charge >= 0.3 is 0 Å². The normalized spacial score (nSPS) is 22.6. The van der Waals surface area contributed by atoms with Crippen LogP contribution < -0.4 is 5.32 Å². The van der Waals surface area contributed by atoms with Crippen LogP contribution in [0.25, 0.3) is 0 Å². The number of sulfonamides is 1. The summed E-state index contributed by atoms with van der Waals surface area (Å²) < 4.78 is 29.4. The van der Waals surface area contributed by atoms with Crippen molar-refractivity contribution >= 4 is 10.0 Å². The molecule has 0 spiro atoms. The number of nitrogens with one attached hydrogen (secondary N) is 1. The molecule has 0 amide bonds. The standard InChI is InChI=1S/C8H15N3O3S/c1-11(15(12,13)5-2-9)7-8-6-10-3-4-14-8/h8,10H,3-7H2,1H3. The highest BCUT2D eigenvalue weighted by molar-refractivity contribution is 7.89. The Kier molecular flexibility index (Phi) is 4.47. The van der Waals surface area contributed by atoms with E-state index in [2.05, 4.69) is 5.32 Å². The summed E-state index contributed by atoms with van der Waals surface area (Å²) >= 11 is 0. The molecule has 6 nitrogen and oxygen atoms in total. The Morgan fingerprint density at radius 2 is 2.40 bits per heavy atom. The van der Waals surface area contributed by atoms with Crippen molar-refractivity contribution < 1.29 is 13.2 Å². The summed E-state index contributed by atoms with van der Waals surface area (Å²) in [6, 6.07) is 1.64. The lowest BCUT2D eigenvalue weighted by atomic mass is 10.3. The zero-order valence-corrected chi connectivity index (χ0v) is 9.46. The summed E-state index contributed by atoms with van der Waals surface area (Å²) in [4.78, 5) is 0. The number of hydrogen-bond donors (Lipinski definition) is 1. The number of nitrogens with zero attached hydrogens (tertiary/aromatic N) is 2. The van der Waals surface area contributed by atoms with Gasteiger partial charge in [0.25, 0.3) is 0 Å². The Hall–Kier alpha value is -0.680. The van der Waals surface area contributed by atoms with E-state index >= 15 is 0 Å². The smallest absolute Gasteiger partial charge is 0.227 e. The van der Waals surface area contributed by atoms with Crippen molar-refractivity contribution in [1.29, 1.82) is 5.26 Å². The quantitative estimate of drug-likeness (QED) is 0.656. The highest BCUT2D eigenvalue weighted by atomic mass is 32.2. The van der Waals surface area contributed by atoms with E-state index < -0.39 is 15.8 Å². The lowest BCUT2D eigenvalue weighted by Crippen LogP contribution is -2.46. The third-order valence-electron chi connectivity index (χ3n) is 2.19. The summed E-state index contributed by atoms with van der Waals surface area (Å²) in [5, 5.41) is 11.5. The SMILES string of the molecule is CN(CC1CNCCO1)S(=O)(=O)CC#N. The van der Waals surface area contributed by atoms with Crippen LogP contribution in [0.4, 0.5) is 0 Å². The van der Waals surface area contributed by atoms with Gasteiger partial charge in [0.2, 0.25) is 10.0 Å². The molecule has 0 aromatic carbocycles. The molecule has 1 aliphatic heterocycles. The fraction of sp³-hybridized carbons (Fsp3) is 0.875. The van der Waals surface area contributed by atoms with Gasteiger partial charge in [-0.05, 0) is 0 Å². The van der Waals surface area contributed by atoms with Gasteiger partial charge in [0.05, 0.1) is 18.8 Å². The summed E-state index contributed by atoms with van der Waals surface area (Å²) in [5.41, 5.74) is 0. The van der Waals surface area contributed by atoms with Gasteiger partial charge in [0, 0.05) is 26.7 Å². The van der Waals surface area contributed by atoms with Gasteiger partial charge in [-0.3, -0.25) is 0 Å². The molecule has 1 atom stereocenters. The number of ether oxygens (including phenoxy) is 1. The van der Waals surface area contributed by atoms with Crippen molar-refractivity contribution in [3.05, 3.63) is 0 Å². The van der Waals surface area contributed by atoms with Crippen LogP contribution in [-0.4, -0.2) is 57.9 Å². The van der Waals surface area contributed by atoms with Crippen LogP contribution in [0.1, 0.15) is 0 Å². The Bertz CT molecular complexity index is 330. The van der Waals surface area contributed by atoms with Gasteiger partial charge in [-0.15, -0.1) is 0 Å². The summed E-state index contributed by atoms with van der Waals surface area (Å²) in [6.45, 7) is 2.32. The van der Waals surface area contributed by atoms with Crippen molar-refractivity contribution in [3.63, 3.8) is 0 Å². The predicted octanol–water partition coefficient (Wildman–Crippen LogP) is -1.24. The van der Waals surface area contributed by atoms with Gasteiger partial charge in [-0.2, -0.15) is 5.26 Å². The number of hydrogen-bond acceptors (Lipinski definition) is 5. The third kappa shape index (κ3) is 3.76. The van der Waals surface area contributed by atoms with Crippen LogP contribution in [0, 0.1) is 11.3 Å². The van der Waals surface area contributed by atoms with Crippen LogP contribution in [0.5, 0.6) is 0 Å². The van der Waals surface area contributed by atoms with E-state index in [-0.39, 0.29) is 12.6 Å². The van der Waals surface area contributed by atoms with Gasteiger partial charge < -0.3 is 10.1 Å². The van der Waals surface area contributed by atoms with Crippen LogP contribution in [0.3, 0.4) is 0 Å². The maximum Gasteiger partial charge on any atom is 0.227 e. The first-order valence-electron chi connectivity index (χ1n) is 4.69. The van der Waals surface area contributed by atoms with Crippen molar-refractivity contribution in [2.75, 3.05) is 39.0 Å². The number of rotatable bonds is 4. The highest BCUT2D eigenvalue weighted by Crippen LogP contribution is 2.03. The number of nitriles is 1. The Balaban J connectivity index is 2.47. The molecule has 1 fully saturated rings. The van der Waals surface area contributed by atoms with E-state index in [1.807, 2.05) is 0 Å². The maximum atomic E-state index is 11.4. The summed E-state index contributed by atoms with van der Waals surface area (Å²) in [5.74, 6) is -0.482. The molecule has 0 radical (unpaired) electrons. The van der Waals surface area contributed by atoms with Crippen LogP contribution in [0.15, 0.2) is 0 Å². The first-order chi connectivity index (χ1) is 7.06. The first kappa shape index (κ1) is 12.4. The second kappa shape index (κ2) is 5.42. The van der Waals surface area contributed by atoms with Crippen LogP contribution >= 0.6 is 0 Å². The minimum absolute atomic E-state index is 0.128. The number of morpholine rings is 1. The Morgan fingerprint density at radius 3 is 2.93 bits per heavy atom. The van der Waals surface area contributed by atoms with E-state index in [4.69, 9.17) is 10.00 Å². The summed E-state index contributed by atoms with van der Waals surface area (Å²) in [7, 11) is -1.98. The van der Waals surface area contributed by atoms with E-state index in [0.717, 1.165) is 6.54 Å². The molecular weight excluding hydrogens is 218 g/mol. The molecule has 0 bridgehead atoms. The third-order valence-corrected chi connectivity index (χ3v) is 3.78. The second-order valence-electron chi connectivity index (χ2n) is 3.39. The lowest BCUT2D eigenvalue weighted by Gasteiger charge is -2.27. The lowest BCUT2D eigenvalue weighted by molar-refractivity contribution is 0.0206. The molecule has 1 aliphatic rings. The Labute approximate surface area is 89.9 Å². The molecule has 1 saturated heterocycles. The summed E-state index contributed by atoms with van der Waals surface area (Å²) in [6.07, 6.45) is -0.128. The maximum absolute atomic E-state index is 11.4. The minimum atomic E-state index is -3.45. The zero-order chi connectivity index (χ0) is 11.3. The predicted molar refractivity (Wildman–Crippen MR) is 54.6 cm³/mol. The fourth-order valence-corrected chi connectivity index (χ4v) is 2.11. The molecule has 1 heterocycles. The van der Waals surface area contributed by atoms with E-state index in [1.165, 1.54) is 11.4 Å². The van der Waals surface area contributed by atoms with E-state index in [0.29, 0.717) is 13.2 Å². The molecule has 0 aliphatic carbocycles. The Morgan fingerprint density at radius 1 is 1.67 bits per heavy atom. The molecule has 1 N–H and O–H groups in total. The molecule has 86 valence electrons. The van der Waals surface area contributed by atoms with Crippen molar-refractivity contribution in [2.24, 2.45) is 0 Å². The monoisotopic (exact) mass is 233 g/mol. The topological polar surface area (TPSA) is 82.4 Å². The van der Waals surface area contributed by atoms with Crippen LogP contribution in [0.2, 0.25) is 0 Å². The molecule has 1 rings (SSSR count). The molecule has 15 heavy (non-hydrogen) atoms. The minimum Gasteiger partial charge on any atom is -0.374 e.